The van der Waals surface area contributed by atoms with E-state index in [0.717, 1.165) is 64.3 Å². The van der Waals surface area contributed by atoms with E-state index in [0.29, 0.717) is 6.42 Å². The minimum Gasteiger partial charge on any atom is -0.369 e. The van der Waals surface area contributed by atoms with Gasteiger partial charge in [-0.15, -0.1) is 0 Å². The Morgan fingerprint density at radius 2 is 1.67 bits per heavy atom. The average molecular weight is 415 g/mol. The summed E-state index contributed by atoms with van der Waals surface area (Å²) in [4.78, 5) is 29.2. The second-order valence-electron chi connectivity index (χ2n) is 8.81. The van der Waals surface area contributed by atoms with Crippen molar-refractivity contribution < 1.29 is 9.59 Å². The van der Waals surface area contributed by atoms with Gasteiger partial charge >= 0.3 is 0 Å². The second-order valence-corrected chi connectivity index (χ2v) is 8.81. The number of hydrazine groups is 1. The van der Waals surface area contributed by atoms with Crippen molar-refractivity contribution in [3.8, 4) is 0 Å². The lowest BCUT2D eigenvalue weighted by atomic mass is 9.79. The van der Waals surface area contributed by atoms with Gasteiger partial charge in [0, 0.05) is 50.7 Å². The molecule has 2 aliphatic rings. The number of carbonyl (C=O) groups is 2. The van der Waals surface area contributed by atoms with Crippen LogP contribution in [0.25, 0.3) is 0 Å². The van der Waals surface area contributed by atoms with Crippen molar-refractivity contribution in [1.82, 2.24) is 15.8 Å². The number of benzene rings is 1. The lowest BCUT2D eigenvalue weighted by Gasteiger charge is -2.36. The van der Waals surface area contributed by atoms with Gasteiger partial charge in [0.05, 0.1) is 0 Å². The molecule has 0 bridgehead atoms. The topological polar surface area (TPSA) is 64.7 Å². The highest BCUT2D eigenvalue weighted by molar-refractivity contribution is 5.83. The van der Waals surface area contributed by atoms with E-state index in [1.165, 1.54) is 24.9 Å². The molecule has 1 aliphatic heterocycles. The van der Waals surface area contributed by atoms with Gasteiger partial charge in [-0.1, -0.05) is 44.4 Å². The van der Waals surface area contributed by atoms with Crippen LogP contribution < -0.4 is 15.8 Å². The van der Waals surface area contributed by atoms with E-state index < -0.39 is 0 Å². The predicted octanol–water partition coefficient (Wildman–Crippen LogP) is 3.34. The number of nitrogens with zero attached hydrogens (tertiary/aromatic N) is 2. The van der Waals surface area contributed by atoms with Crippen LogP contribution in [0.1, 0.15) is 58.3 Å². The van der Waals surface area contributed by atoms with Crippen molar-refractivity contribution in [2.45, 2.75) is 58.3 Å². The van der Waals surface area contributed by atoms with Gasteiger partial charge in [0.25, 0.3) is 0 Å². The molecule has 1 aromatic carbocycles. The molecule has 0 atom stereocenters. The van der Waals surface area contributed by atoms with Crippen LogP contribution in [-0.2, 0) is 9.59 Å². The summed E-state index contributed by atoms with van der Waals surface area (Å²) in [6, 6.07) is 10.5. The van der Waals surface area contributed by atoms with E-state index in [2.05, 4.69) is 51.8 Å². The first kappa shape index (κ1) is 22.6. The fourth-order valence-corrected chi connectivity index (χ4v) is 4.63. The van der Waals surface area contributed by atoms with Gasteiger partial charge in [-0.05, 0) is 43.7 Å². The van der Waals surface area contributed by atoms with Gasteiger partial charge in [-0.3, -0.25) is 25.3 Å². The lowest BCUT2D eigenvalue weighted by Crippen LogP contribution is -2.49. The van der Waals surface area contributed by atoms with Crippen molar-refractivity contribution in [3.63, 3.8) is 0 Å². The van der Waals surface area contributed by atoms with E-state index in [1.54, 1.807) is 0 Å². The maximum atomic E-state index is 12.4. The van der Waals surface area contributed by atoms with Crippen molar-refractivity contribution in [2.24, 2.45) is 11.8 Å². The lowest BCUT2D eigenvalue weighted by molar-refractivity contribution is -0.132. The van der Waals surface area contributed by atoms with Gasteiger partial charge in [0.1, 0.15) is 0 Å². The minimum absolute atomic E-state index is 0.0197. The maximum Gasteiger partial charge on any atom is 0.241 e. The van der Waals surface area contributed by atoms with Crippen LogP contribution in [0.5, 0.6) is 0 Å². The number of para-hydroxylation sites is 1. The average Bonchev–Trinajstić information content (AvgIpc) is 2.81. The van der Waals surface area contributed by atoms with E-state index in [9.17, 15) is 9.59 Å². The highest BCUT2D eigenvalue weighted by Crippen LogP contribution is 2.31. The van der Waals surface area contributed by atoms with Crippen LogP contribution in [0.15, 0.2) is 30.3 Å². The van der Waals surface area contributed by atoms with Crippen LogP contribution >= 0.6 is 0 Å². The summed E-state index contributed by atoms with van der Waals surface area (Å²) in [5.74, 6) is 0.708. The molecular formula is C24H38N4O2. The Labute approximate surface area is 181 Å². The molecule has 1 aromatic rings. The summed E-state index contributed by atoms with van der Waals surface area (Å²) in [6.45, 7) is 6.82. The van der Waals surface area contributed by atoms with Gasteiger partial charge in [-0.2, -0.15) is 0 Å². The number of hydrogen-bond acceptors (Lipinski definition) is 4. The third kappa shape index (κ3) is 7.01. The predicted molar refractivity (Wildman–Crippen MR) is 121 cm³/mol. The first-order valence-electron chi connectivity index (χ1n) is 11.8. The molecule has 0 spiro atoms. The fraction of sp³-hybridized carbons (Fsp3) is 0.667. The Hall–Kier alpha value is -2.08. The van der Waals surface area contributed by atoms with Crippen LogP contribution in [0, 0.1) is 11.8 Å². The normalized spacial score (nSPS) is 22.5. The summed E-state index contributed by atoms with van der Waals surface area (Å²) < 4.78 is 0. The molecule has 6 heteroatoms. The quantitative estimate of drug-likeness (QED) is 0.641. The van der Waals surface area contributed by atoms with Gasteiger partial charge < -0.3 is 4.90 Å². The summed E-state index contributed by atoms with van der Waals surface area (Å²) in [6.07, 6.45) is 8.41. The number of piperazine rings is 1. The highest BCUT2D eigenvalue weighted by atomic mass is 16.2. The Morgan fingerprint density at radius 1 is 0.967 bits per heavy atom. The zero-order chi connectivity index (χ0) is 21.2. The molecule has 2 N–H and O–H groups in total. The Morgan fingerprint density at radius 3 is 2.33 bits per heavy atom. The molecule has 0 unspecified atom stereocenters. The standard InChI is InChI=1S/C24H38N4O2/c1-2-3-7-20-10-12-21(13-11-20)24(30)26-25-23(29)14-15-27-16-18-28(19-17-27)22-8-5-4-6-9-22/h4-6,8-9,20-21H,2-3,7,10-19H2,1H3,(H,25,29)(H,26,30). The monoisotopic (exact) mass is 414 g/mol. The number of hydrogen-bond donors (Lipinski definition) is 2. The summed E-state index contributed by atoms with van der Waals surface area (Å²) in [7, 11) is 0. The zero-order valence-corrected chi connectivity index (χ0v) is 18.4. The second kappa shape index (κ2) is 11.9. The molecule has 1 saturated heterocycles. The minimum atomic E-state index is -0.106. The molecule has 1 aliphatic carbocycles. The van der Waals surface area contributed by atoms with E-state index >= 15 is 0 Å². The number of anilines is 1. The van der Waals surface area contributed by atoms with Crippen molar-refractivity contribution >= 4 is 17.5 Å². The molecule has 3 rings (SSSR count). The molecule has 30 heavy (non-hydrogen) atoms. The van der Waals surface area contributed by atoms with Crippen LogP contribution in [0.4, 0.5) is 5.69 Å². The molecular weight excluding hydrogens is 376 g/mol. The largest absolute Gasteiger partial charge is 0.369 e. The van der Waals surface area contributed by atoms with Crippen molar-refractivity contribution in [3.05, 3.63) is 30.3 Å². The fourth-order valence-electron chi connectivity index (χ4n) is 4.63. The first-order chi connectivity index (χ1) is 14.7. The Kier molecular flexibility index (Phi) is 9.00. The zero-order valence-electron chi connectivity index (χ0n) is 18.4. The number of unbranched alkanes of at least 4 members (excludes halogenated alkanes) is 1. The third-order valence-corrected chi connectivity index (χ3v) is 6.66. The van der Waals surface area contributed by atoms with Crippen molar-refractivity contribution in [1.29, 1.82) is 0 Å². The Balaban J connectivity index is 1.27. The molecule has 0 radical (unpaired) electrons. The van der Waals surface area contributed by atoms with Gasteiger partial charge in [-0.25, -0.2) is 0 Å². The van der Waals surface area contributed by atoms with Crippen LogP contribution in [-0.4, -0.2) is 49.4 Å². The van der Waals surface area contributed by atoms with Gasteiger partial charge in [0.2, 0.25) is 11.8 Å². The summed E-state index contributed by atoms with van der Waals surface area (Å²) in [5.41, 5.74) is 6.55. The summed E-state index contributed by atoms with van der Waals surface area (Å²) >= 11 is 0. The summed E-state index contributed by atoms with van der Waals surface area (Å²) in [5, 5.41) is 0. The molecule has 166 valence electrons. The van der Waals surface area contributed by atoms with E-state index in [-0.39, 0.29) is 17.7 Å². The molecule has 6 nitrogen and oxygen atoms in total. The van der Waals surface area contributed by atoms with E-state index in [1.807, 2.05) is 6.07 Å². The Bertz CT molecular complexity index is 650. The van der Waals surface area contributed by atoms with Crippen molar-refractivity contribution in [2.75, 3.05) is 37.6 Å². The SMILES string of the molecule is CCCCC1CCC(C(=O)NNC(=O)CCN2CCN(c3ccccc3)CC2)CC1. The number of amides is 2. The van der Waals surface area contributed by atoms with E-state index in [4.69, 9.17) is 0 Å². The molecule has 1 heterocycles. The first-order valence-corrected chi connectivity index (χ1v) is 11.8. The number of rotatable bonds is 8. The van der Waals surface area contributed by atoms with Gasteiger partial charge in [0.15, 0.2) is 0 Å². The number of carbonyl (C=O) groups excluding carboxylic acids is 2. The maximum absolute atomic E-state index is 12.4. The molecule has 1 saturated carbocycles. The number of nitrogens with one attached hydrogen (secondary N) is 2. The highest BCUT2D eigenvalue weighted by Gasteiger charge is 2.26. The third-order valence-electron chi connectivity index (χ3n) is 6.66. The molecule has 0 aromatic heterocycles. The molecule has 2 fully saturated rings. The van der Waals surface area contributed by atoms with Crippen LogP contribution in [0.2, 0.25) is 0 Å². The molecule has 2 amide bonds. The smallest absolute Gasteiger partial charge is 0.241 e. The van der Waals surface area contributed by atoms with Crippen LogP contribution in [0.3, 0.4) is 0 Å².